The van der Waals surface area contributed by atoms with Crippen LogP contribution in [0, 0.1) is 0 Å². The molecule has 0 spiro atoms. The predicted molar refractivity (Wildman–Crippen MR) is 120 cm³/mol. The zero-order chi connectivity index (χ0) is 24.8. The molecule has 0 aliphatic heterocycles. The first-order valence-corrected chi connectivity index (χ1v) is 10.2. The molecule has 4 N–H and O–H groups in total. The number of benzene rings is 2. The Morgan fingerprint density at radius 2 is 1.80 bits per heavy atom. The summed E-state index contributed by atoms with van der Waals surface area (Å²) in [5.41, 5.74) is 5.91. The minimum atomic E-state index is -4.44. The van der Waals surface area contributed by atoms with E-state index in [0.717, 1.165) is 12.1 Å². The van der Waals surface area contributed by atoms with Crippen molar-refractivity contribution in [2.75, 3.05) is 31.4 Å². The lowest BCUT2D eigenvalue weighted by atomic mass is 10.2. The quantitative estimate of drug-likeness (QED) is 0.293. The van der Waals surface area contributed by atoms with Gasteiger partial charge in [-0.25, -0.2) is 0 Å². The number of anilines is 3. The van der Waals surface area contributed by atoms with Gasteiger partial charge in [-0.1, -0.05) is 6.07 Å². The molecule has 13 heteroatoms. The van der Waals surface area contributed by atoms with Crippen molar-refractivity contribution in [2.45, 2.75) is 6.18 Å². The van der Waals surface area contributed by atoms with Crippen LogP contribution in [0.5, 0.6) is 17.6 Å². The Bertz CT molecular complexity index is 1280. The van der Waals surface area contributed by atoms with Crippen LogP contribution in [0.3, 0.4) is 0 Å². The predicted octanol–water partition coefficient (Wildman–Crippen LogP) is 4.42. The summed E-state index contributed by atoms with van der Waals surface area (Å²) in [7, 11) is 1.55. The number of methoxy groups -OCH3 is 1. The van der Waals surface area contributed by atoms with Crippen molar-refractivity contribution in [1.82, 2.24) is 25.1 Å². The molecule has 2 heterocycles. The van der Waals surface area contributed by atoms with E-state index in [4.69, 9.17) is 19.9 Å². The van der Waals surface area contributed by atoms with Gasteiger partial charge in [0.15, 0.2) is 5.82 Å². The van der Waals surface area contributed by atoms with E-state index < -0.39 is 11.7 Å². The van der Waals surface area contributed by atoms with Crippen molar-refractivity contribution in [2.24, 2.45) is 0 Å². The molecular weight excluding hydrogens is 467 g/mol. The van der Waals surface area contributed by atoms with Gasteiger partial charge in [0.05, 0.1) is 12.2 Å². The fourth-order valence-electron chi connectivity index (χ4n) is 2.91. The molecule has 10 nitrogen and oxygen atoms in total. The molecule has 0 atom stereocenters. The lowest BCUT2D eigenvalue weighted by molar-refractivity contribution is -0.137. The molecule has 2 aromatic heterocycles. The van der Waals surface area contributed by atoms with E-state index in [9.17, 15) is 13.2 Å². The molecule has 0 radical (unpaired) electrons. The highest BCUT2D eigenvalue weighted by atomic mass is 19.4. The number of aromatic nitrogens is 5. The van der Waals surface area contributed by atoms with E-state index in [1.54, 1.807) is 31.4 Å². The topological polar surface area (TPSA) is 133 Å². The van der Waals surface area contributed by atoms with Gasteiger partial charge in [-0.3, -0.25) is 0 Å². The summed E-state index contributed by atoms with van der Waals surface area (Å²) in [6, 6.07) is 13.1. The molecule has 182 valence electrons. The number of rotatable bonds is 9. The standard InChI is InChI=1S/C22H20F3N7O3/c1-33-9-10-34-21-28-17(26)12-18(29-21)35-16-7-5-13(6-8-16)19-30-20(32-31-19)27-15-4-2-3-14(11-15)22(23,24)25/h2-8,11-12H,9-10H2,1H3,(H2,26,28,29)(H2,27,30,31,32). The van der Waals surface area contributed by atoms with E-state index in [-0.39, 0.29) is 36.0 Å². The molecule has 0 fully saturated rings. The largest absolute Gasteiger partial charge is 0.461 e. The van der Waals surface area contributed by atoms with Gasteiger partial charge in [0.25, 0.3) is 0 Å². The molecule has 35 heavy (non-hydrogen) atoms. The maximum Gasteiger partial charge on any atom is 0.416 e. The number of nitrogens with one attached hydrogen (secondary N) is 2. The first-order valence-electron chi connectivity index (χ1n) is 10.2. The maximum atomic E-state index is 12.9. The molecule has 0 bridgehead atoms. The summed E-state index contributed by atoms with van der Waals surface area (Å²) in [6.07, 6.45) is -4.44. The minimum Gasteiger partial charge on any atom is -0.461 e. The van der Waals surface area contributed by atoms with Crippen molar-refractivity contribution in [3.8, 4) is 29.0 Å². The number of hydrogen-bond donors (Lipinski definition) is 3. The second-order valence-electron chi connectivity index (χ2n) is 7.11. The van der Waals surface area contributed by atoms with Gasteiger partial charge in [0.1, 0.15) is 18.2 Å². The Morgan fingerprint density at radius 3 is 2.54 bits per heavy atom. The number of H-pyrrole nitrogens is 1. The summed E-state index contributed by atoms with van der Waals surface area (Å²) < 4.78 is 54.7. The van der Waals surface area contributed by atoms with Gasteiger partial charge in [-0.2, -0.15) is 23.1 Å². The highest BCUT2D eigenvalue weighted by molar-refractivity contribution is 5.60. The minimum absolute atomic E-state index is 0.0659. The fraction of sp³-hybridized carbons (Fsp3) is 0.182. The average molecular weight is 487 g/mol. The van der Waals surface area contributed by atoms with Crippen LogP contribution < -0.4 is 20.5 Å². The third-order valence-corrected chi connectivity index (χ3v) is 4.51. The normalized spacial score (nSPS) is 11.3. The van der Waals surface area contributed by atoms with Crippen molar-refractivity contribution in [3.63, 3.8) is 0 Å². The van der Waals surface area contributed by atoms with Crippen LogP contribution in [0.2, 0.25) is 0 Å². The second-order valence-corrected chi connectivity index (χ2v) is 7.11. The Morgan fingerprint density at radius 1 is 1.00 bits per heavy atom. The van der Waals surface area contributed by atoms with Crippen molar-refractivity contribution in [1.29, 1.82) is 0 Å². The molecule has 0 saturated heterocycles. The fourth-order valence-corrected chi connectivity index (χ4v) is 2.91. The van der Waals surface area contributed by atoms with E-state index in [1.165, 1.54) is 18.2 Å². The molecule has 0 aliphatic rings. The summed E-state index contributed by atoms with van der Waals surface area (Å²) >= 11 is 0. The highest BCUT2D eigenvalue weighted by Crippen LogP contribution is 2.31. The maximum absolute atomic E-state index is 12.9. The Hall–Kier alpha value is -4.39. The van der Waals surface area contributed by atoms with Crippen LogP contribution in [-0.2, 0) is 10.9 Å². The smallest absolute Gasteiger partial charge is 0.416 e. The van der Waals surface area contributed by atoms with Crippen LogP contribution in [0.25, 0.3) is 11.4 Å². The van der Waals surface area contributed by atoms with Crippen LogP contribution in [-0.4, -0.2) is 45.5 Å². The molecule has 0 saturated carbocycles. The van der Waals surface area contributed by atoms with E-state index in [2.05, 4.69) is 30.5 Å². The van der Waals surface area contributed by atoms with Crippen LogP contribution >= 0.6 is 0 Å². The van der Waals surface area contributed by atoms with Crippen LogP contribution in [0.1, 0.15) is 5.56 Å². The number of nitrogens with zero attached hydrogens (tertiary/aromatic N) is 4. The molecule has 2 aromatic carbocycles. The summed E-state index contributed by atoms with van der Waals surface area (Å²) in [6.45, 7) is 0.629. The van der Waals surface area contributed by atoms with Gasteiger partial charge in [0, 0.05) is 24.4 Å². The highest BCUT2D eigenvalue weighted by Gasteiger charge is 2.30. The summed E-state index contributed by atoms with van der Waals surface area (Å²) in [5.74, 6) is 1.45. The second kappa shape index (κ2) is 10.3. The number of nitrogen functional groups attached to an aromatic ring is 1. The van der Waals surface area contributed by atoms with Gasteiger partial charge in [-0.05, 0) is 42.5 Å². The lowest BCUT2D eigenvalue weighted by Gasteiger charge is -2.09. The summed E-state index contributed by atoms with van der Waals surface area (Å²) in [5, 5.41) is 10.7. The van der Waals surface area contributed by atoms with Gasteiger partial charge >= 0.3 is 12.2 Å². The number of ether oxygens (including phenoxy) is 3. The number of hydrogen-bond acceptors (Lipinski definition) is 9. The van der Waals surface area contributed by atoms with Crippen LogP contribution in [0.4, 0.5) is 30.6 Å². The number of nitrogens with two attached hydrogens (primary N) is 1. The van der Waals surface area contributed by atoms with E-state index >= 15 is 0 Å². The van der Waals surface area contributed by atoms with E-state index in [1.807, 2.05) is 0 Å². The molecular formula is C22H20F3N7O3. The molecule has 4 rings (SSSR count). The molecule has 0 amide bonds. The van der Waals surface area contributed by atoms with Crippen molar-refractivity contribution in [3.05, 3.63) is 60.2 Å². The number of alkyl halides is 3. The SMILES string of the molecule is COCCOc1nc(N)cc(Oc2ccc(-c3nnc(Nc4cccc(C(F)(F)F)c4)[nH]3)cc2)n1. The molecule has 0 aliphatic carbocycles. The first kappa shape index (κ1) is 23.8. The number of halogens is 3. The Balaban J connectivity index is 1.42. The Labute approximate surface area is 197 Å². The van der Waals surface area contributed by atoms with Crippen LogP contribution in [0.15, 0.2) is 54.6 Å². The van der Waals surface area contributed by atoms with Crippen molar-refractivity contribution < 1.29 is 27.4 Å². The average Bonchev–Trinajstić information content (AvgIpc) is 3.27. The van der Waals surface area contributed by atoms with Gasteiger partial charge < -0.3 is 30.2 Å². The van der Waals surface area contributed by atoms with Crippen molar-refractivity contribution >= 4 is 17.5 Å². The monoisotopic (exact) mass is 487 g/mol. The van der Waals surface area contributed by atoms with Gasteiger partial charge in [0.2, 0.25) is 11.8 Å². The lowest BCUT2D eigenvalue weighted by Crippen LogP contribution is -2.08. The summed E-state index contributed by atoms with van der Waals surface area (Å²) in [4.78, 5) is 11.1. The van der Waals surface area contributed by atoms with Gasteiger partial charge in [-0.15, -0.1) is 10.2 Å². The zero-order valence-corrected chi connectivity index (χ0v) is 18.3. The first-order chi connectivity index (χ1) is 16.8. The number of aromatic amines is 1. The third kappa shape index (κ3) is 6.35. The van der Waals surface area contributed by atoms with E-state index in [0.29, 0.717) is 23.7 Å². The Kier molecular flexibility index (Phi) is 6.96. The molecule has 4 aromatic rings. The third-order valence-electron chi connectivity index (χ3n) is 4.51. The zero-order valence-electron chi connectivity index (χ0n) is 18.3. The molecule has 0 unspecified atom stereocenters.